The zero-order valence-corrected chi connectivity index (χ0v) is 7.49. The minimum Gasteiger partial charge on any atom is -0.426 e. The lowest BCUT2D eigenvalue weighted by molar-refractivity contribution is -0.134. The van der Waals surface area contributed by atoms with Crippen molar-refractivity contribution in [3.05, 3.63) is 29.8 Å². The van der Waals surface area contributed by atoms with E-state index in [9.17, 15) is 4.79 Å². The summed E-state index contributed by atoms with van der Waals surface area (Å²) in [4.78, 5) is 10.9. The minimum atomic E-state index is -0.291. The van der Waals surface area contributed by atoms with E-state index in [2.05, 4.69) is 0 Å². The number of benzene rings is 1. The van der Waals surface area contributed by atoms with Gasteiger partial charge in [-0.2, -0.15) is 0 Å². The number of ether oxygens (including phenoxy) is 1. The first-order valence-corrected chi connectivity index (χ1v) is 4.17. The summed E-state index contributed by atoms with van der Waals surface area (Å²) in [5, 5.41) is 8.91. The van der Waals surface area contributed by atoms with Gasteiger partial charge in [0, 0.05) is 12.0 Å². The highest BCUT2D eigenvalue weighted by Crippen LogP contribution is 2.17. The average molecular weight is 180 g/mol. The van der Waals surface area contributed by atoms with Crippen molar-refractivity contribution in [3.63, 3.8) is 0 Å². The largest absolute Gasteiger partial charge is 0.426 e. The number of aliphatic hydroxyl groups is 1. The zero-order chi connectivity index (χ0) is 9.68. The third-order valence-electron chi connectivity index (χ3n) is 1.66. The monoisotopic (exact) mass is 180 g/mol. The van der Waals surface area contributed by atoms with Crippen molar-refractivity contribution in [3.8, 4) is 5.75 Å². The second-order valence-corrected chi connectivity index (χ2v) is 2.59. The quantitative estimate of drug-likeness (QED) is 0.566. The van der Waals surface area contributed by atoms with Gasteiger partial charge in [-0.25, -0.2) is 0 Å². The summed E-state index contributed by atoms with van der Waals surface area (Å²) in [6.45, 7) is 1.61. The van der Waals surface area contributed by atoms with Crippen LogP contribution >= 0.6 is 0 Å². The molecular formula is C10H12O3. The summed E-state index contributed by atoms with van der Waals surface area (Å²) >= 11 is 0. The third-order valence-corrected chi connectivity index (χ3v) is 1.66. The molecule has 1 aromatic carbocycles. The van der Waals surface area contributed by atoms with Gasteiger partial charge in [0.15, 0.2) is 0 Å². The number of hydrogen-bond acceptors (Lipinski definition) is 3. The van der Waals surface area contributed by atoms with E-state index in [1.165, 1.54) is 0 Å². The van der Waals surface area contributed by atoms with Crippen LogP contribution in [0.3, 0.4) is 0 Å². The minimum absolute atomic E-state index is 0.118. The molecule has 1 rings (SSSR count). The molecule has 3 heteroatoms. The highest BCUT2D eigenvalue weighted by atomic mass is 16.5. The van der Waals surface area contributed by atoms with Crippen LogP contribution in [0.1, 0.15) is 18.9 Å². The van der Waals surface area contributed by atoms with Crippen molar-refractivity contribution >= 4 is 5.97 Å². The molecule has 0 heterocycles. The molecule has 0 aliphatic carbocycles. The lowest BCUT2D eigenvalue weighted by Crippen LogP contribution is -2.07. The topological polar surface area (TPSA) is 46.5 Å². The van der Waals surface area contributed by atoms with Gasteiger partial charge < -0.3 is 9.84 Å². The third kappa shape index (κ3) is 2.56. The molecule has 0 saturated carbocycles. The van der Waals surface area contributed by atoms with Gasteiger partial charge in [-0.3, -0.25) is 4.79 Å². The van der Waals surface area contributed by atoms with Crippen LogP contribution in [-0.4, -0.2) is 11.1 Å². The highest BCUT2D eigenvalue weighted by molar-refractivity contribution is 5.72. The molecule has 0 aromatic heterocycles. The van der Waals surface area contributed by atoms with E-state index in [1.54, 1.807) is 31.2 Å². The highest BCUT2D eigenvalue weighted by Gasteiger charge is 2.05. The molecule has 0 amide bonds. The lowest BCUT2D eigenvalue weighted by atomic mass is 10.2. The molecule has 0 bridgehead atoms. The first-order valence-electron chi connectivity index (χ1n) is 4.17. The van der Waals surface area contributed by atoms with E-state index >= 15 is 0 Å². The van der Waals surface area contributed by atoms with Crippen molar-refractivity contribution in [1.29, 1.82) is 0 Å². The summed E-state index contributed by atoms with van der Waals surface area (Å²) in [6.07, 6.45) is 0.333. The second-order valence-electron chi connectivity index (χ2n) is 2.59. The number of para-hydroxylation sites is 1. The van der Waals surface area contributed by atoms with Crippen molar-refractivity contribution in [2.75, 3.05) is 0 Å². The Hall–Kier alpha value is -1.35. The number of carbonyl (C=O) groups is 1. The molecular weight excluding hydrogens is 168 g/mol. The average Bonchev–Trinajstić information content (AvgIpc) is 2.18. The van der Waals surface area contributed by atoms with E-state index < -0.39 is 0 Å². The maximum absolute atomic E-state index is 10.9. The molecule has 13 heavy (non-hydrogen) atoms. The van der Waals surface area contributed by atoms with E-state index in [-0.39, 0.29) is 12.6 Å². The molecule has 0 unspecified atom stereocenters. The van der Waals surface area contributed by atoms with Crippen molar-refractivity contribution in [2.45, 2.75) is 20.0 Å². The standard InChI is InChI=1S/C10H12O3/c1-2-10(12)13-9-6-4-3-5-8(9)7-11/h3-6,11H,2,7H2,1H3. The summed E-state index contributed by atoms with van der Waals surface area (Å²) in [5.74, 6) is 0.151. The van der Waals surface area contributed by atoms with Crippen molar-refractivity contribution in [1.82, 2.24) is 0 Å². The molecule has 70 valence electrons. The maximum Gasteiger partial charge on any atom is 0.310 e. The van der Waals surface area contributed by atoms with Crippen LogP contribution < -0.4 is 4.74 Å². The smallest absolute Gasteiger partial charge is 0.310 e. The molecule has 3 nitrogen and oxygen atoms in total. The molecule has 1 aromatic rings. The predicted octanol–water partition coefficient (Wildman–Crippen LogP) is 1.49. The molecule has 1 N–H and O–H groups in total. The summed E-state index contributed by atoms with van der Waals surface area (Å²) in [6, 6.07) is 6.93. The molecule has 0 atom stereocenters. The Morgan fingerprint density at radius 3 is 2.77 bits per heavy atom. The van der Waals surface area contributed by atoms with Gasteiger partial charge in [-0.1, -0.05) is 25.1 Å². The Labute approximate surface area is 77.0 Å². The fraction of sp³-hybridized carbons (Fsp3) is 0.300. The van der Waals surface area contributed by atoms with Gasteiger partial charge in [0.2, 0.25) is 0 Å². The van der Waals surface area contributed by atoms with Gasteiger partial charge in [0.25, 0.3) is 0 Å². The lowest BCUT2D eigenvalue weighted by Gasteiger charge is -2.06. The Morgan fingerprint density at radius 2 is 2.15 bits per heavy atom. The molecule has 0 spiro atoms. The maximum atomic E-state index is 10.9. The first-order chi connectivity index (χ1) is 6.27. The van der Waals surface area contributed by atoms with Gasteiger partial charge in [0.05, 0.1) is 6.61 Å². The Bertz CT molecular complexity index is 294. The van der Waals surface area contributed by atoms with Crippen LogP contribution in [0.25, 0.3) is 0 Å². The van der Waals surface area contributed by atoms with Crippen molar-refractivity contribution in [2.24, 2.45) is 0 Å². The molecule has 0 aliphatic rings. The van der Waals surface area contributed by atoms with Gasteiger partial charge in [-0.05, 0) is 6.07 Å². The van der Waals surface area contributed by atoms with E-state index in [0.29, 0.717) is 17.7 Å². The van der Waals surface area contributed by atoms with Crippen molar-refractivity contribution < 1.29 is 14.6 Å². The fourth-order valence-corrected chi connectivity index (χ4v) is 0.929. The van der Waals surface area contributed by atoms with Crippen LogP contribution in [0, 0.1) is 0 Å². The number of aliphatic hydroxyl groups excluding tert-OH is 1. The second kappa shape index (κ2) is 4.62. The van der Waals surface area contributed by atoms with Crippen LogP contribution in [0.2, 0.25) is 0 Å². The van der Waals surface area contributed by atoms with Crippen LogP contribution in [0.4, 0.5) is 0 Å². The Kier molecular flexibility index (Phi) is 3.46. The summed E-state index contributed by atoms with van der Waals surface area (Å²) in [7, 11) is 0. The molecule has 0 radical (unpaired) electrons. The van der Waals surface area contributed by atoms with Crippen LogP contribution in [0.5, 0.6) is 5.75 Å². The predicted molar refractivity (Wildman–Crippen MR) is 48.3 cm³/mol. The normalized spacial score (nSPS) is 9.69. The molecule has 0 fully saturated rings. The van der Waals surface area contributed by atoms with Gasteiger partial charge >= 0.3 is 5.97 Å². The number of carbonyl (C=O) groups excluding carboxylic acids is 1. The SMILES string of the molecule is CCC(=O)Oc1ccccc1CO. The summed E-state index contributed by atoms with van der Waals surface area (Å²) < 4.78 is 4.99. The number of esters is 1. The van der Waals surface area contributed by atoms with E-state index in [0.717, 1.165) is 0 Å². The fourth-order valence-electron chi connectivity index (χ4n) is 0.929. The zero-order valence-electron chi connectivity index (χ0n) is 7.49. The van der Waals surface area contributed by atoms with Gasteiger partial charge in [-0.15, -0.1) is 0 Å². The van der Waals surface area contributed by atoms with Gasteiger partial charge in [0.1, 0.15) is 5.75 Å². The first kappa shape index (κ1) is 9.74. The summed E-state index contributed by atoms with van der Waals surface area (Å²) in [5.41, 5.74) is 0.629. The number of hydrogen-bond donors (Lipinski definition) is 1. The van der Waals surface area contributed by atoms with Crippen LogP contribution in [-0.2, 0) is 11.4 Å². The molecule has 0 aliphatic heterocycles. The van der Waals surface area contributed by atoms with Crippen LogP contribution in [0.15, 0.2) is 24.3 Å². The van der Waals surface area contributed by atoms with E-state index in [4.69, 9.17) is 9.84 Å². The van der Waals surface area contributed by atoms with E-state index in [1.807, 2.05) is 0 Å². The Balaban J connectivity index is 2.81. The Morgan fingerprint density at radius 1 is 1.46 bits per heavy atom. The molecule has 0 saturated heterocycles. The number of rotatable bonds is 3.